The Morgan fingerprint density at radius 1 is 1.67 bits per heavy atom. The number of rotatable bonds is 2. The molecular weight excluding hydrogens is 160 g/mol. The summed E-state index contributed by atoms with van der Waals surface area (Å²) in [6.45, 7) is 0.221. The lowest BCUT2D eigenvalue weighted by molar-refractivity contribution is -0.132. The quantitative estimate of drug-likeness (QED) is 0.447. The first-order valence-electron chi connectivity index (χ1n) is 3.99. The lowest BCUT2D eigenvalue weighted by Gasteiger charge is -2.23. The van der Waals surface area contributed by atoms with Crippen LogP contribution in [0.5, 0.6) is 0 Å². The Bertz CT molecular complexity index is 174. The Balaban J connectivity index is 2.60. The monoisotopic (exact) mass is 174 g/mol. The average molecular weight is 174 g/mol. The molecular formula is C7H14N2O3. The number of hydrogen-bond acceptors (Lipinski definition) is 4. The van der Waals surface area contributed by atoms with Crippen LogP contribution in [0.2, 0.25) is 0 Å². The van der Waals surface area contributed by atoms with Crippen LogP contribution in [0.1, 0.15) is 6.42 Å². The van der Waals surface area contributed by atoms with E-state index in [9.17, 15) is 9.90 Å². The van der Waals surface area contributed by atoms with Crippen LogP contribution in [-0.2, 0) is 4.79 Å². The van der Waals surface area contributed by atoms with Gasteiger partial charge in [0.1, 0.15) is 0 Å². The number of carbonyl (C=O) groups is 1. The Morgan fingerprint density at radius 3 is 2.83 bits per heavy atom. The van der Waals surface area contributed by atoms with Gasteiger partial charge in [0.2, 0.25) is 5.91 Å². The summed E-state index contributed by atoms with van der Waals surface area (Å²) in [4.78, 5) is 12.5. The molecule has 1 aliphatic rings. The van der Waals surface area contributed by atoms with Crippen molar-refractivity contribution >= 4 is 5.91 Å². The minimum absolute atomic E-state index is 0.0663. The molecule has 1 aliphatic heterocycles. The zero-order valence-electron chi connectivity index (χ0n) is 6.81. The average Bonchev–Trinajstić information content (AvgIpc) is 2.45. The molecule has 0 bridgehead atoms. The molecule has 0 aliphatic carbocycles. The van der Waals surface area contributed by atoms with Crippen molar-refractivity contribution in [1.29, 1.82) is 0 Å². The highest BCUT2D eigenvalue weighted by Gasteiger charge is 2.34. The molecule has 1 heterocycles. The Morgan fingerprint density at radius 2 is 2.33 bits per heavy atom. The molecule has 0 saturated carbocycles. The van der Waals surface area contributed by atoms with Gasteiger partial charge in [-0.05, 0) is 6.42 Å². The van der Waals surface area contributed by atoms with E-state index in [2.05, 4.69) is 0 Å². The number of aliphatic hydroxyl groups is 2. The number of nitrogens with zero attached hydrogens (tertiary/aromatic N) is 1. The fourth-order valence-corrected chi connectivity index (χ4v) is 1.48. The molecule has 5 nitrogen and oxygen atoms in total. The van der Waals surface area contributed by atoms with Gasteiger partial charge in [0.25, 0.3) is 0 Å². The lowest BCUT2D eigenvalue weighted by atomic mass is 10.2. The second-order valence-electron chi connectivity index (χ2n) is 2.90. The van der Waals surface area contributed by atoms with E-state index in [0.29, 0.717) is 13.0 Å². The van der Waals surface area contributed by atoms with Crippen molar-refractivity contribution in [2.75, 3.05) is 19.7 Å². The fraction of sp³-hybridized carbons (Fsp3) is 0.857. The van der Waals surface area contributed by atoms with E-state index in [1.165, 1.54) is 4.90 Å². The van der Waals surface area contributed by atoms with E-state index in [-0.39, 0.29) is 19.1 Å². The van der Waals surface area contributed by atoms with Gasteiger partial charge in [-0.3, -0.25) is 4.79 Å². The minimum atomic E-state index is -0.606. The van der Waals surface area contributed by atoms with E-state index >= 15 is 0 Å². The van der Waals surface area contributed by atoms with Gasteiger partial charge in [-0.15, -0.1) is 0 Å². The third kappa shape index (κ3) is 1.57. The zero-order valence-corrected chi connectivity index (χ0v) is 6.81. The van der Waals surface area contributed by atoms with Crippen molar-refractivity contribution in [3.8, 4) is 0 Å². The van der Waals surface area contributed by atoms with Gasteiger partial charge < -0.3 is 20.8 Å². The van der Waals surface area contributed by atoms with Gasteiger partial charge in [-0.25, -0.2) is 0 Å². The molecule has 70 valence electrons. The van der Waals surface area contributed by atoms with E-state index < -0.39 is 12.1 Å². The van der Waals surface area contributed by atoms with E-state index in [4.69, 9.17) is 10.8 Å². The second-order valence-corrected chi connectivity index (χ2v) is 2.90. The molecule has 2 atom stereocenters. The first-order chi connectivity index (χ1) is 5.70. The van der Waals surface area contributed by atoms with E-state index in [0.717, 1.165) is 0 Å². The van der Waals surface area contributed by atoms with Crippen LogP contribution in [0.3, 0.4) is 0 Å². The summed E-state index contributed by atoms with van der Waals surface area (Å²) in [7, 11) is 0. The van der Waals surface area contributed by atoms with E-state index in [1.54, 1.807) is 0 Å². The number of hydrogen-bond donors (Lipinski definition) is 3. The number of carbonyl (C=O) groups excluding carboxylic acids is 1. The van der Waals surface area contributed by atoms with Gasteiger partial charge in [-0.2, -0.15) is 0 Å². The predicted molar refractivity (Wildman–Crippen MR) is 42.3 cm³/mol. The van der Waals surface area contributed by atoms with Crippen LogP contribution in [0.15, 0.2) is 0 Å². The molecule has 0 unspecified atom stereocenters. The Hall–Kier alpha value is -0.650. The maximum Gasteiger partial charge on any atom is 0.236 e. The second kappa shape index (κ2) is 3.84. The molecule has 12 heavy (non-hydrogen) atoms. The minimum Gasteiger partial charge on any atom is -0.394 e. The van der Waals surface area contributed by atoms with Crippen molar-refractivity contribution in [2.24, 2.45) is 5.73 Å². The van der Waals surface area contributed by atoms with Gasteiger partial charge in [0.05, 0.1) is 25.3 Å². The van der Waals surface area contributed by atoms with Crippen LogP contribution in [0, 0.1) is 0 Å². The van der Waals surface area contributed by atoms with Crippen LogP contribution >= 0.6 is 0 Å². The molecule has 0 radical (unpaired) electrons. The van der Waals surface area contributed by atoms with Gasteiger partial charge in [-0.1, -0.05) is 0 Å². The maximum atomic E-state index is 11.1. The highest BCUT2D eigenvalue weighted by molar-refractivity contribution is 5.78. The molecule has 0 aromatic rings. The first-order valence-corrected chi connectivity index (χ1v) is 3.99. The molecule has 1 fully saturated rings. The summed E-state index contributed by atoms with van der Waals surface area (Å²) < 4.78 is 0. The molecule has 0 aromatic heterocycles. The largest absolute Gasteiger partial charge is 0.394 e. The molecule has 1 amide bonds. The summed E-state index contributed by atoms with van der Waals surface area (Å²) in [6, 6.07) is -0.457. The molecule has 0 aromatic carbocycles. The Labute approximate surface area is 70.8 Å². The molecule has 4 N–H and O–H groups in total. The standard InChI is InChI=1S/C7H14N2O3/c8-3-7(12)9-2-1-6(11)5(9)4-10/h5-6,10-11H,1-4,8H2/t5-,6-/m0/s1. The zero-order chi connectivity index (χ0) is 9.14. The Kier molecular flexibility index (Phi) is 3.02. The highest BCUT2D eigenvalue weighted by atomic mass is 16.3. The summed E-state index contributed by atoms with van der Waals surface area (Å²) >= 11 is 0. The van der Waals surface area contributed by atoms with E-state index in [1.807, 2.05) is 0 Å². The molecule has 1 saturated heterocycles. The van der Waals surface area contributed by atoms with Gasteiger partial charge >= 0.3 is 0 Å². The van der Waals surface area contributed by atoms with Crippen molar-refractivity contribution in [3.05, 3.63) is 0 Å². The van der Waals surface area contributed by atoms with Crippen molar-refractivity contribution < 1.29 is 15.0 Å². The van der Waals surface area contributed by atoms with Crippen LogP contribution in [0.4, 0.5) is 0 Å². The van der Waals surface area contributed by atoms with Crippen LogP contribution in [0.25, 0.3) is 0 Å². The first kappa shape index (κ1) is 9.44. The highest BCUT2D eigenvalue weighted by Crippen LogP contribution is 2.16. The number of aliphatic hydroxyl groups excluding tert-OH is 2. The number of nitrogens with two attached hydrogens (primary N) is 1. The third-order valence-corrected chi connectivity index (χ3v) is 2.19. The number of likely N-dealkylation sites (tertiary alicyclic amines) is 1. The summed E-state index contributed by atoms with van der Waals surface area (Å²) in [6.07, 6.45) is -0.0813. The predicted octanol–water partition coefficient (Wildman–Crippen LogP) is -2.10. The normalized spacial score (nSPS) is 29.4. The molecule has 5 heteroatoms. The van der Waals surface area contributed by atoms with Crippen molar-refractivity contribution in [3.63, 3.8) is 0 Å². The topological polar surface area (TPSA) is 86.8 Å². The third-order valence-electron chi connectivity index (χ3n) is 2.19. The van der Waals surface area contributed by atoms with Crippen molar-refractivity contribution in [1.82, 2.24) is 4.90 Å². The summed E-state index contributed by atoms with van der Waals surface area (Å²) in [5.41, 5.74) is 5.16. The van der Waals surface area contributed by atoms with Crippen LogP contribution < -0.4 is 5.73 Å². The summed E-state index contributed by atoms with van der Waals surface area (Å²) in [5.74, 6) is -0.217. The van der Waals surface area contributed by atoms with Crippen molar-refractivity contribution in [2.45, 2.75) is 18.6 Å². The van der Waals surface area contributed by atoms with Crippen LogP contribution in [-0.4, -0.2) is 52.9 Å². The number of amides is 1. The fourth-order valence-electron chi connectivity index (χ4n) is 1.48. The smallest absolute Gasteiger partial charge is 0.236 e. The maximum absolute atomic E-state index is 11.1. The van der Waals surface area contributed by atoms with Gasteiger partial charge in [0.15, 0.2) is 0 Å². The molecule has 1 rings (SSSR count). The lowest BCUT2D eigenvalue weighted by Crippen LogP contribution is -2.44. The van der Waals surface area contributed by atoms with Gasteiger partial charge in [0, 0.05) is 6.54 Å². The SMILES string of the molecule is NCC(=O)N1CC[C@H](O)[C@@H]1CO. The summed E-state index contributed by atoms with van der Waals surface area (Å²) in [5, 5.41) is 18.2. The molecule has 0 spiro atoms.